The summed E-state index contributed by atoms with van der Waals surface area (Å²) in [6.45, 7) is 0. The maximum absolute atomic E-state index is 10.7. The van der Waals surface area contributed by atoms with Gasteiger partial charge in [-0.25, -0.2) is 4.79 Å². The predicted octanol–water partition coefficient (Wildman–Crippen LogP) is 3.47. The van der Waals surface area contributed by atoms with E-state index in [0.29, 0.717) is 5.56 Å². The van der Waals surface area contributed by atoms with Crippen molar-refractivity contribution < 1.29 is 9.90 Å². The maximum Gasteiger partial charge on any atom is 0.335 e. The van der Waals surface area contributed by atoms with E-state index in [2.05, 4.69) is 31.9 Å². The molecule has 4 heteroatoms. The lowest BCUT2D eigenvalue weighted by molar-refractivity contribution is 0.0696. The summed E-state index contributed by atoms with van der Waals surface area (Å²) < 4.78 is 0.975. The topological polar surface area (TPSA) is 37.3 Å². The van der Waals surface area contributed by atoms with E-state index in [1.165, 1.54) is 0 Å². The van der Waals surface area contributed by atoms with Crippen molar-refractivity contribution in [3.8, 4) is 0 Å². The van der Waals surface area contributed by atoms with Crippen LogP contribution in [-0.4, -0.2) is 16.4 Å². The van der Waals surface area contributed by atoms with Crippen molar-refractivity contribution in [1.82, 2.24) is 0 Å². The van der Waals surface area contributed by atoms with E-state index >= 15 is 0 Å². The Kier molecular flexibility index (Phi) is 4.62. The lowest BCUT2D eigenvalue weighted by atomic mass is 10.1. The van der Waals surface area contributed by atoms with Gasteiger partial charge in [0.25, 0.3) is 0 Å². The van der Waals surface area contributed by atoms with Crippen molar-refractivity contribution >= 4 is 37.8 Å². The Morgan fingerprint density at radius 3 is 2.71 bits per heavy atom. The van der Waals surface area contributed by atoms with Crippen LogP contribution >= 0.6 is 31.9 Å². The van der Waals surface area contributed by atoms with E-state index in [-0.39, 0.29) is 0 Å². The molecule has 0 radical (unpaired) electrons. The highest BCUT2D eigenvalue weighted by Crippen LogP contribution is 2.20. The van der Waals surface area contributed by atoms with Crippen LogP contribution in [0.2, 0.25) is 0 Å². The molecule has 14 heavy (non-hydrogen) atoms. The Labute approximate surface area is 99.6 Å². The van der Waals surface area contributed by atoms with Crippen LogP contribution in [0.1, 0.15) is 22.3 Å². The molecule has 1 aromatic carbocycles. The molecule has 0 aliphatic rings. The lowest BCUT2D eigenvalue weighted by Crippen LogP contribution is -1.98. The van der Waals surface area contributed by atoms with Crippen LogP contribution in [0.5, 0.6) is 0 Å². The van der Waals surface area contributed by atoms with Gasteiger partial charge in [0.15, 0.2) is 0 Å². The summed E-state index contributed by atoms with van der Waals surface area (Å²) >= 11 is 6.75. The molecule has 76 valence electrons. The van der Waals surface area contributed by atoms with Gasteiger partial charge in [0.1, 0.15) is 0 Å². The van der Waals surface area contributed by atoms with Gasteiger partial charge in [0.2, 0.25) is 0 Å². The number of benzene rings is 1. The van der Waals surface area contributed by atoms with Crippen LogP contribution < -0.4 is 0 Å². The third-order valence-electron chi connectivity index (χ3n) is 1.87. The number of hydrogen-bond donors (Lipinski definition) is 1. The first-order valence-electron chi connectivity index (χ1n) is 4.23. The van der Waals surface area contributed by atoms with Crippen LogP contribution in [0.4, 0.5) is 0 Å². The van der Waals surface area contributed by atoms with Crippen LogP contribution in [0, 0.1) is 0 Å². The van der Waals surface area contributed by atoms with E-state index in [0.717, 1.165) is 28.2 Å². The Morgan fingerprint density at radius 2 is 2.14 bits per heavy atom. The van der Waals surface area contributed by atoms with Crippen LogP contribution in [0.25, 0.3) is 0 Å². The second kappa shape index (κ2) is 5.51. The number of carboxylic acid groups (broad SMARTS) is 1. The summed E-state index contributed by atoms with van der Waals surface area (Å²) in [6, 6.07) is 5.10. The Morgan fingerprint density at radius 1 is 1.43 bits per heavy atom. The zero-order valence-corrected chi connectivity index (χ0v) is 10.6. The van der Waals surface area contributed by atoms with Gasteiger partial charge in [0.05, 0.1) is 5.56 Å². The van der Waals surface area contributed by atoms with E-state index in [4.69, 9.17) is 5.11 Å². The summed E-state index contributed by atoms with van der Waals surface area (Å²) in [4.78, 5) is 10.7. The molecule has 0 aliphatic carbocycles. The van der Waals surface area contributed by atoms with Gasteiger partial charge in [0, 0.05) is 9.80 Å². The molecule has 0 unspecified atom stereocenters. The summed E-state index contributed by atoms with van der Waals surface area (Å²) in [5.41, 5.74) is 1.39. The first-order chi connectivity index (χ1) is 6.65. The average Bonchev–Trinajstić information content (AvgIpc) is 2.16. The molecule has 0 aromatic heterocycles. The third kappa shape index (κ3) is 3.10. The molecule has 0 fully saturated rings. The number of aryl methyl sites for hydroxylation is 1. The zero-order chi connectivity index (χ0) is 10.6. The molecule has 0 saturated carbocycles. The SMILES string of the molecule is O=C(O)c1ccc(Br)c(CCCBr)c1. The Hall–Kier alpha value is -0.350. The predicted molar refractivity (Wildman–Crippen MR) is 63.2 cm³/mol. The highest BCUT2D eigenvalue weighted by Gasteiger charge is 2.06. The molecule has 1 rings (SSSR count). The van der Waals surface area contributed by atoms with Gasteiger partial charge >= 0.3 is 5.97 Å². The molecule has 0 saturated heterocycles. The number of carboxylic acids is 1. The van der Waals surface area contributed by atoms with Gasteiger partial charge in [-0.3, -0.25) is 0 Å². The van der Waals surface area contributed by atoms with Gasteiger partial charge < -0.3 is 5.11 Å². The van der Waals surface area contributed by atoms with Crippen molar-refractivity contribution in [2.24, 2.45) is 0 Å². The van der Waals surface area contributed by atoms with Gasteiger partial charge in [-0.2, -0.15) is 0 Å². The number of rotatable bonds is 4. The molecule has 0 heterocycles. The number of halogens is 2. The van der Waals surface area contributed by atoms with Crippen LogP contribution in [-0.2, 0) is 6.42 Å². The molecule has 1 N–H and O–H groups in total. The standard InChI is InChI=1S/C10H10Br2O2/c11-5-1-2-7-6-8(10(13)14)3-4-9(7)12/h3-4,6H,1-2,5H2,(H,13,14). The monoisotopic (exact) mass is 320 g/mol. The van der Waals surface area contributed by atoms with E-state index in [9.17, 15) is 4.79 Å². The minimum Gasteiger partial charge on any atom is -0.478 e. The molecule has 2 nitrogen and oxygen atoms in total. The van der Waals surface area contributed by atoms with Crippen molar-refractivity contribution in [3.05, 3.63) is 33.8 Å². The quantitative estimate of drug-likeness (QED) is 0.862. The minimum atomic E-state index is -0.877. The Bertz CT molecular complexity index is 337. The van der Waals surface area contributed by atoms with Crippen molar-refractivity contribution in [2.45, 2.75) is 12.8 Å². The fourth-order valence-electron chi connectivity index (χ4n) is 1.16. The molecule has 0 bridgehead atoms. The second-order valence-corrected chi connectivity index (χ2v) is 4.55. The van der Waals surface area contributed by atoms with Gasteiger partial charge in [-0.15, -0.1) is 0 Å². The van der Waals surface area contributed by atoms with Crippen molar-refractivity contribution in [1.29, 1.82) is 0 Å². The highest BCUT2D eigenvalue weighted by atomic mass is 79.9. The smallest absolute Gasteiger partial charge is 0.335 e. The summed E-state index contributed by atoms with van der Waals surface area (Å²) in [5.74, 6) is -0.877. The molecule has 0 amide bonds. The number of aromatic carboxylic acids is 1. The van der Waals surface area contributed by atoms with E-state index in [1.807, 2.05) is 0 Å². The van der Waals surface area contributed by atoms with Gasteiger partial charge in [-0.1, -0.05) is 31.9 Å². The normalized spacial score (nSPS) is 10.1. The summed E-state index contributed by atoms with van der Waals surface area (Å²) in [6.07, 6.45) is 1.88. The number of hydrogen-bond acceptors (Lipinski definition) is 1. The minimum absolute atomic E-state index is 0.345. The van der Waals surface area contributed by atoms with Crippen molar-refractivity contribution in [3.63, 3.8) is 0 Å². The molecule has 0 spiro atoms. The Balaban J connectivity index is 2.90. The molecule has 0 aliphatic heterocycles. The van der Waals surface area contributed by atoms with Gasteiger partial charge in [-0.05, 0) is 36.6 Å². The molecular weight excluding hydrogens is 312 g/mol. The zero-order valence-electron chi connectivity index (χ0n) is 7.46. The molecule has 0 atom stereocenters. The van der Waals surface area contributed by atoms with Crippen LogP contribution in [0.15, 0.2) is 22.7 Å². The van der Waals surface area contributed by atoms with Crippen LogP contribution in [0.3, 0.4) is 0 Å². The molecule has 1 aromatic rings. The fraction of sp³-hybridized carbons (Fsp3) is 0.300. The third-order valence-corrected chi connectivity index (χ3v) is 3.21. The van der Waals surface area contributed by atoms with E-state index in [1.54, 1.807) is 18.2 Å². The number of carbonyl (C=O) groups is 1. The summed E-state index contributed by atoms with van der Waals surface area (Å²) in [5, 5.41) is 9.73. The second-order valence-electron chi connectivity index (χ2n) is 2.90. The summed E-state index contributed by atoms with van der Waals surface area (Å²) in [7, 11) is 0. The number of alkyl halides is 1. The van der Waals surface area contributed by atoms with E-state index < -0.39 is 5.97 Å². The largest absolute Gasteiger partial charge is 0.478 e. The highest BCUT2D eigenvalue weighted by molar-refractivity contribution is 9.10. The first kappa shape index (κ1) is 11.7. The molecular formula is C10H10Br2O2. The fourth-order valence-corrected chi connectivity index (χ4v) is 1.88. The maximum atomic E-state index is 10.7. The average molecular weight is 322 g/mol. The lowest BCUT2D eigenvalue weighted by Gasteiger charge is -2.04. The first-order valence-corrected chi connectivity index (χ1v) is 6.14. The van der Waals surface area contributed by atoms with Crippen molar-refractivity contribution in [2.75, 3.05) is 5.33 Å².